The summed E-state index contributed by atoms with van der Waals surface area (Å²) in [6.45, 7) is 1.78. The second-order valence-electron chi connectivity index (χ2n) is 6.96. The maximum atomic E-state index is 14.0. The van der Waals surface area contributed by atoms with Gasteiger partial charge in [0.25, 0.3) is 10.0 Å². The van der Waals surface area contributed by atoms with E-state index >= 15 is 0 Å². The number of carbonyl (C=O) groups excluding carboxylic acids is 1. The van der Waals surface area contributed by atoms with E-state index in [1.54, 1.807) is 37.3 Å². The zero-order valence-corrected chi connectivity index (χ0v) is 17.0. The molecule has 0 aliphatic rings. The summed E-state index contributed by atoms with van der Waals surface area (Å²) in [5, 5.41) is -0.420. The molecule has 0 saturated carbocycles. The lowest BCUT2D eigenvalue weighted by molar-refractivity contribution is 0.103. The number of pyridine rings is 1. The Morgan fingerprint density at radius 2 is 1.52 bits per heavy atom. The molecular formula is C23H15F2NO4S. The average Bonchev–Trinajstić information content (AvgIpc) is 2.76. The molecule has 0 amide bonds. The van der Waals surface area contributed by atoms with Crippen LogP contribution in [0.3, 0.4) is 0 Å². The van der Waals surface area contributed by atoms with Gasteiger partial charge in [0.2, 0.25) is 5.43 Å². The van der Waals surface area contributed by atoms with E-state index in [9.17, 15) is 26.8 Å². The molecular weight excluding hydrogens is 424 g/mol. The first kappa shape index (κ1) is 20.6. The van der Waals surface area contributed by atoms with Crippen LogP contribution in [0, 0.1) is 18.6 Å². The number of carbonyl (C=O) groups is 1. The number of aromatic nitrogens is 1. The summed E-state index contributed by atoms with van der Waals surface area (Å²) in [5.41, 5.74) is -0.759. The molecule has 1 aromatic heterocycles. The van der Waals surface area contributed by atoms with E-state index in [0.717, 1.165) is 11.8 Å². The van der Waals surface area contributed by atoms with E-state index in [1.165, 1.54) is 24.3 Å². The van der Waals surface area contributed by atoms with Crippen LogP contribution in [0.5, 0.6) is 0 Å². The highest BCUT2D eigenvalue weighted by Gasteiger charge is 2.25. The molecule has 3 aromatic carbocycles. The highest BCUT2D eigenvalue weighted by atomic mass is 32.2. The smallest absolute Gasteiger partial charge is 0.268 e. The zero-order chi connectivity index (χ0) is 22.3. The predicted octanol–water partition coefficient (Wildman–Crippen LogP) is 4.06. The molecule has 4 rings (SSSR count). The number of rotatable bonds is 4. The van der Waals surface area contributed by atoms with Gasteiger partial charge in [-0.25, -0.2) is 21.2 Å². The molecule has 4 aromatic rings. The zero-order valence-electron chi connectivity index (χ0n) is 16.2. The van der Waals surface area contributed by atoms with Crippen molar-refractivity contribution in [1.82, 2.24) is 3.97 Å². The van der Waals surface area contributed by atoms with Gasteiger partial charge in [-0.05, 0) is 25.1 Å². The topological polar surface area (TPSA) is 73.2 Å². The lowest BCUT2D eigenvalue weighted by Crippen LogP contribution is -2.24. The Morgan fingerprint density at radius 1 is 0.903 bits per heavy atom. The van der Waals surface area contributed by atoms with Crippen molar-refractivity contribution in [1.29, 1.82) is 0 Å². The van der Waals surface area contributed by atoms with Crippen LogP contribution in [-0.2, 0) is 10.0 Å². The summed E-state index contributed by atoms with van der Waals surface area (Å²) in [6, 6.07) is 14.9. The van der Waals surface area contributed by atoms with Gasteiger partial charge in [-0.2, -0.15) is 0 Å². The van der Waals surface area contributed by atoms with Crippen LogP contribution in [-0.4, -0.2) is 18.2 Å². The second kappa shape index (κ2) is 7.55. The van der Waals surface area contributed by atoms with Crippen LogP contribution in [0.15, 0.2) is 82.6 Å². The number of halogens is 2. The number of nitrogens with zero attached hydrogens (tertiary/aromatic N) is 1. The van der Waals surface area contributed by atoms with Crippen molar-refractivity contribution in [2.45, 2.75) is 11.8 Å². The molecule has 5 nitrogen and oxygen atoms in total. The summed E-state index contributed by atoms with van der Waals surface area (Å²) >= 11 is 0. The Hall–Kier alpha value is -3.65. The SMILES string of the molecule is Cc1ccc(S(=O)(=O)n2cc(C(=O)c3ccccc3)c(=O)c3cc(F)c(F)cc32)cc1. The van der Waals surface area contributed by atoms with Crippen molar-refractivity contribution in [2.75, 3.05) is 0 Å². The summed E-state index contributed by atoms with van der Waals surface area (Å²) in [7, 11) is -4.33. The van der Waals surface area contributed by atoms with Gasteiger partial charge >= 0.3 is 0 Å². The third-order valence-corrected chi connectivity index (χ3v) is 6.56. The minimum Gasteiger partial charge on any atom is -0.288 e. The third kappa shape index (κ3) is 3.55. The number of hydrogen-bond donors (Lipinski definition) is 0. The predicted molar refractivity (Wildman–Crippen MR) is 112 cm³/mol. The largest absolute Gasteiger partial charge is 0.288 e. The Bertz CT molecular complexity index is 1490. The van der Waals surface area contributed by atoms with Crippen LogP contribution in [0.1, 0.15) is 21.5 Å². The quantitative estimate of drug-likeness (QED) is 0.450. The van der Waals surface area contributed by atoms with Gasteiger partial charge in [0.05, 0.1) is 21.4 Å². The fourth-order valence-corrected chi connectivity index (χ4v) is 4.58. The van der Waals surface area contributed by atoms with Crippen LogP contribution in [0.25, 0.3) is 10.9 Å². The van der Waals surface area contributed by atoms with Gasteiger partial charge < -0.3 is 0 Å². The monoisotopic (exact) mass is 439 g/mol. The van der Waals surface area contributed by atoms with E-state index in [0.29, 0.717) is 16.1 Å². The standard InChI is InChI=1S/C23H15F2NO4S/c1-14-7-9-16(10-8-14)31(29,30)26-13-18(22(27)15-5-3-2-4-6-15)23(28)17-11-19(24)20(25)12-21(17)26/h2-13H,1H3. The number of aryl methyl sites for hydroxylation is 1. The van der Waals surface area contributed by atoms with Crippen molar-refractivity contribution in [3.8, 4) is 0 Å². The average molecular weight is 439 g/mol. The first-order valence-electron chi connectivity index (χ1n) is 9.16. The summed E-state index contributed by atoms with van der Waals surface area (Å²) in [6.07, 6.45) is 0.868. The number of benzene rings is 3. The molecule has 0 aliphatic heterocycles. The molecule has 0 spiro atoms. The molecule has 8 heteroatoms. The molecule has 31 heavy (non-hydrogen) atoms. The first-order chi connectivity index (χ1) is 14.7. The van der Waals surface area contributed by atoms with Crippen LogP contribution < -0.4 is 5.43 Å². The molecule has 156 valence electrons. The Balaban J connectivity index is 2.08. The Morgan fingerprint density at radius 3 is 2.16 bits per heavy atom. The minimum absolute atomic E-state index is 0.133. The molecule has 1 heterocycles. The Kier molecular flexibility index (Phi) is 5.02. The maximum absolute atomic E-state index is 14.0. The van der Waals surface area contributed by atoms with Crippen molar-refractivity contribution in [3.05, 3.63) is 111 Å². The van der Waals surface area contributed by atoms with E-state index in [1.807, 2.05) is 0 Å². The van der Waals surface area contributed by atoms with Gasteiger partial charge in [-0.15, -0.1) is 0 Å². The van der Waals surface area contributed by atoms with E-state index in [-0.39, 0.29) is 16.0 Å². The first-order valence-corrected chi connectivity index (χ1v) is 10.6. The molecule has 0 aliphatic carbocycles. The molecule has 0 N–H and O–H groups in total. The fourth-order valence-electron chi connectivity index (χ4n) is 3.22. The normalized spacial score (nSPS) is 11.6. The van der Waals surface area contributed by atoms with Gasteiger partial charge in [-0.3, -0.25) is 9.59 Å². The molecule has 0 saturated heterocycles. The fraction of sp³-hybridized carbons (Fsp3) is 0.0435. The maximum Gasteiger partial charge on any atom is 0.268 e. The summed E-state index contributed by atoms with van der Waals surface area (Å²) < 4.78 is 55.2. The lowest BCUT2D eigenvalue weighted by Gasteiger charge is -2.14. The van der Waals surface area contributed by atoms with E-state index in [2.05, 4.69) is 0 Å². The third-order valence-electron chi connectivity index (χ3n) is 4.87. The molecule has 0 radical (unpaired) electrons. The Labute approximate surface area is 176 Å². The van der Waals surface area contributed by atoms with Gasteiger partial charge in [0, 0.05) is 17.8 Å². The number of hydrogen-bond acceptors (Lipinski definition) is 4. The van der Waals surface area contributed by atoms with Crippen molar-refractivity contribution in [3.63, 3.8) is 0 Å². The van der Waals surface area contributed by atoms with Crippen LogP contribution in [0.4, 0.5) is 8.78 Å². The molecule has 0 atom stereocenters. The van der Waals surface area contributed by atoms with E-state index < -0.39 is 43.8 Å². The highest BCUT2D eigenvalue weighted by Crippen LogP contribution is 2.23. The minimum atomic E-state index is -4.33. The van der Waals surface area contributed by atoms with E-state index in [4.69, 9.17) is 0 Å². The van der Waals surface area contributed by atoms with Gasteiger partial charge in [0.1, 0.15) is 0 Å². The highest BCUT2D eigenvalue weighted by molar-refractivity contribution is 7.90. The van der Waals surface area contributed by atoms with Gasteiger partial charge in [0.15, 0.2) is 17.4 Å². The number of ketones is 1. The molecule has 0 unspecified atom stereocenters. The summed E-state index contributed by atoms with van der Waals surface area (Å²) in [4.78, 5) is 25.8. The van der Waals surface area contributed by atoms with Gasteiger partial charge in [-0.1, -0.05) is 48.0 Å². The van der Waals surface area contributed by atoms with Crippen molar-refractivity contribution >= 4 is 26.7 Å². The summed E-state index contributed by atoms with van der Waals surface area (Å²) in [5.74, 6) is -3.37. The molecule has 0 fully saturated rings. The molecule has 0 bridgehead atoms. The van der Waals surface area contributed by atoms with Crippen molar-refractivity contribution in [2.24, 2.45) is 0 Å². The lowest BCUT2D eigenvalue weighted by atomic mass is 10.0. The second-order valence-corrected chi connectivity index (χ2v) is 8.78. The van der Waals surface area contributed by atoms with Crippen LogP contribution in [0.2, 0.25) is 0 Å². The van der Waals surface area contributed by atoms with Crippen LogP contribution >= 0.6 is 0 Å². The number of fused-ring (bicyclic) bond motifs is 1. The van der Waals surface area contributed by atoms with Crippen molar-refractivity contribution < 1.29 is 22.0 Å².